The number of thioether (sulfide) groups is 1. The van der Waals surface area contributed by atoms with Gasteiger partial charge in [0.25, 0.3) is 0 Å². The molecule has 0 bridgehead atoms. The first-order chi connectivity index (χ1) is 11.4. The van der Waals surface area contributed by atoms with Crippen LogP contribution < -0.4 is 10.6 Å². The normalized spacial score (nSPS) is 12.4. The molecule has 7 heteroatoms. The molecular formula is C17H24N4O2S. The Morgan fingerprint density at radius 2 is 1.96 bits per heavy atom. The van der Waals surface area contributed by atoms with Crippen molar-refractivity contribution in [2.45, 2.75) is 44.6 Å². The van der Waals surface area contributed by atoms with Crippen molar-refractivity contribution in [1.82, 2.24) is 20.2 Å². The van der Waals surface area contributed by atoms with E-state index in [2.05, 4.69) is 20.2 Å². The number of nitrogens with one attached hydrogen (secondary N) is 2. The number of urea groups is 1. The van der Waals surface area contributed by atoms with Crippen LogP contribution in [-0.2, 0) is 11.3 Å². The highest BCUT2D eigenvalue weighted by Crippen LogP contribution is 2.27. The Morgan fingerprint density at radius 3 is 2.62 bits per heavy atom. The number of hydrogen-bond donors (Lipinski definition) is 2. The molecule has 130 valence electrons. The Kier molecular flexibility index (Phi) is 6.25. The second-order valence-corrected chi connectivity index (χ2v) is 7.29. The van der Waals surface area contributed by atoms with E-state index in [1.165, 1.54) is 11.8 Å². The molecule has 0 saturated carbocycles. The molecule has 0 aliphatic carbocycles. The Bertz CT molecular complexity index is 726. The summed E-state index contributed by atoms with van der Waals surface area (Å²) in [6, 6.07) is 7.43. The number of para-hydroxylation sites is 2. The summed E-state index contributed by atoms with van der Waals surface area (Å²) in [5.41, 5.74) is 1.95. The maximum Gasteiger partial charge on any atom is 0.321 e. The van der Waals surface area contributed by atoms with Gasteiger partial charge in [0.15, 0.2) is 5.16 Å². The maximum absolute atomic E-state index is 12.2. The minimum absolute atomic E-state index is 0.323. The summed E-state index contributed by atoms with van der Waals surface area (Å²) in [5, 5.41) is 5.42. The van der Waals surface area contributed by atoms with Gasteiger partial charge in [0.05, 0.1) is 16.3 Å². The zero-order valence-corrected chi connectivity index (χ0v) is 15.3. The second kappa shape index (κ2) is 8.19. The molecular weight excluding hydrogens is 324 g/mol. The summed E-state index contributed by atoms with van der Waals surface area (Å²) in [5.74, 6) is 0.0121. The Morgan fingerprint density at radius 1 is 1.25 bits per heavy atom. The largest absolute Gasteiger partial charge is 0.338 e. The van der Waals surface area contributed by atoms with Crippen LogP contribution in [0.4, 0.5) is 4.79 Å². The first-order valence-electron chi connectivity index (χ1n) is 8.13. The molecule has 1 unspecified atom stereocenters. The summed E-state index contributed by atoms with van der Waals surface area (Å²) in [6.07, 6.45) is 0. The van der Waals surface area contributed by atoms with Crippen LogP contribution in [0.25, 0.3) is 11.0 Å². The van der Waals surface area contributed by atoms with Crippen LogP contribution in [0.15, 0.2) is 29.4 Å². The minimum Gasteiger partial charge on any atom is -0.338 e. The van der Waals surface area contributed by atoms with Crippen molar-refractivity contribution >= 4 is 34.7 Å². The highest BCUT2D eigenvalue weighted by molar-refractivity contribution is 8.00. The third-order valence-corrected chi connectivity index (χ3v) is 4.58. The third-order valence-electron chi connectivity index (χ3n) is 3.49. The van der Waals surface area contributed by atoms with Gasteiger partial charge in [-0.05, 0) is 31.9 Å². The van der Waals surface area contributed by atoms with Crippen LogP contribution in [0.1, 0.15) is 27.7 Å². The number of imide groups is 1. The highest BCUT2D eigenvalue weighted by atomic mass is 32.2. The summed E-state index contributed by atoms with van der Waals surface area (Å²) < 4.78 is 2.07. The van der Waals surface area contributed by atoms with Gasteiger partial charge in [0.1, 0.15) is 0 Å². The van der Waals surface area contributed by atoms with Crippen molar-refractivity contribution in [2.24, 2.45) is 5.92 Å². The van der Waals surface area contributed by atoms with Gasteiger partial charge >= 0.3 is 6.03 Å². The van der Waals surface area contributed by atoms with E-state index in [-0.39, 0.29) is 5.91 Å². The van der Waals surface area contributed by atoms with E-state index in [1.807, 2.05) is 45.0 Å². The average Bonchev–Trinajstić information content (AvgIpc) is 2.89. The van der Waals surface area contributed by atoms with Crippen molar-refractivity contribution in [3.63, 3.8) is 0 Å². The van der Waals surface area contributed by atoms with Crippen LogP contribution in [0.3, 0.4) is 0 Å². The molecule has 1 atom stereocenters. The van der Waals surface area contributed by atoms with Crippen LogP contribution in [0, 0.1) is 5.92 Å². The maximum atomic E-state index is 12.2. The van der Waals surface area contributed by atoms with Crippen LogP contribution >= 0.6 is 11.8 Å². The fourth-order valence-electron chi connectivity index (χ4n) is 2.22. The van der Waals surface area contributed by atoms with Crippen molar-refractivity contribution < 1.29 is 9.59 Å². The topological polar surface area (TPSA) is 76.0 Å². The predicted molar refractivity (Wildman–Crippen MR) is 97.1 cm³/mol. The number of carbonyl (C=O) groups excluding carboxylic acids is 2. The molecule has 1 aromatic carbocycles. The molecule has 0 saturated heterocycles. The second-order valence-electron chi connectivity index (χ2n) is 5.98. The number of carbonyl (C=O) groups is 2. The van der Waals surface area contributed by atoms with Crippen LogP contribution in [-0.4, -0.2) is 33.3 Å². The summed E-state index contributed by atoms with van der Waals surface area (Å²) in [7, 11) is 0. The molecule has 2 aromatic rings. The molecule has 1 aromatic heterocycles. The lowest BCUT2D eigenvalue weighted by molar-refractivity contribution is -0.119. The van der Waals surface area contributed by atoms with E-state index in [1.54, 1.807) is 6.92 Å². The molecule has 24 heavy (non-hydrogen) atoms. The smallest absolute Gasteiger partial charge is 0.321 e. The number of nitrogens with zero attached hydrogens (tertiary/aromatic N) is 2. The molecule has 2 rings (SSSR count). The van der Waals surface area contributed by atoms with Crippen LogP contribution in [0.5, 0.6) is 0 Å². The molecule has 2 N–H and O–H groups in total. The fourth-order valence-corrected chi connectivity index (χ4v) is 3.20. The number of aromatic nitrogens is 2. The number of imidazole rings is 1. The molecule has 0 radical (unpaired) electrons. The molecule has 0 fully saturated rings. The standard InChI is InChI=1S/C17H24N4O2S/c1-5-21-14-9-7-6-8-13(14)19-17(21)24-12(4)15(22)20-16(23)18-10-11(2)3/h6-9,11-12H,5,10H2,1-4H3,(H2,18,20,22,23). The summed E-state index contributed by atoms with van der Waals surface area (Å²) >= 11 is 1.35. The van der Waals surface area contributed by atoms with Gasteiger partial charge in [0.2, 0.25) is 5.91 Å². The van der Waals surface area contributed by atoms with Crippen molar-refractivity contribution in [1.29, 1.82) is 0 Å². The van der Waals surface area contributed by atoms with E-state index < -0.39 is 11.3 Å². The lowest BCUT2D eigenvalue weighted by Crippen LogP contribution is -2.43. The van der Waals surface area contributed by atoms with E-state index >= 15 is 0 Å². The van der Waals surface area contributed by atoms with Crippen molar-refractivity contribution in [2.75, 3.05) is 6.54 Å². The molecule has 1 heterocycles. The number of hydrogen-bond acceptors (Lipinski definition) is 4. The monoisotopic (exact) mass is 348 g/mol. The number of benzene rings is 1. The molecule has 0 aliphatic rings. The number of rotatable bonds is 6. The number of fused-ring (bicyclic) bond motifs is 1. The molecule has 3 amide bonds. The van der Waals surface area contributed by atoms with Crippen molar-refractivity contribution in [3.8, 4) is 0 Å². The lowest BCUT2D eigenvalue weighted by Gasteiger charge is -2.13. The quantitative estimate of drug-likeness (QED) is 0.787. The Balaban J connectivity index is 2.02. The SMILES string of the molecule is CCn1c(SC(C)C(=O)NC(=O)NCC(C)C)nc2ccccc21. The van der Waals surface area contributed by atoms with E-state index in [0.29, 0.717) is 12.5 Å². The van der Waals surface area contributed by atoms with E-state index in [0.717, 1.165) is 22.7 Å². The first-order valence-corrected chi connectivity index (χ1v) is 9.01. The van der Waals surface area contributed by atoms with Gasteiger partial charge in [0, 0.05) is 13.1 Å². The summed E-state index contributed by atoms with van der Waals surface area (Å²) in [4.78, 5) is 28.5. The summed E-state index contributed by atoms with van der Waals surface area (Å²) in [6.45, 7) is 9.11. The zero-order valence-electron chi connectivity index (χ0n) is 14.5. The molecule has 0 spiro atoms. The molecule has 0 aliphatic heterocycles. The van der Waals surface area contributed by atoms with Gasteiger partial charge in [-0.1, -0.05) is 37.7 Å². The molecule has 6 nitrogen and oxygen atoms in total. The van der Waals surface area contributed by atoms with Gasteiger partial charge in [-0.3, -0.25) is 10.1 Å². The van der Waals surface area contributed by atoms with Gasteiger partial charge in [-0.15, -0.1) is 0 Å². The number of amides is 3. The first kappa shape index (κ1) is 18.3. The highest BCUT2D eigenvalue weighted by Gasteiger charge is 2.20. The third kappa shape index (κ3) is 4.50. The Labute approximate surface area is 146 Å². The zero-order chi connectivity index (χ0) is 17.7. The van der Waals surface area contributed by atoms with Gasteiger partial charge < -0.3 is 9.88 Å². The van der Waals surface area contributed by atoms with Gasteiger partial charge in [-0.2, -0.15) is 0 Å². The van der Waals surface area contributed by atoms with Gasteiger partial charge in [-0.25, -0.2) is 9.78 Å². The average molecular weight is 348 g/mol. The fraction of sp³-hybridized carbons (Fsp3) is 0.471. The van der Waals surface area contributed by atoms with E-state index in [9.17, 15) is 9.59 Å². The number of aryl methyl sites for hydroxylation is 1. The van der Waals surface area contributed by atoms with Crippen LogP contribution in [0.2, 0.25) is 0 Å². The predicted octanol–water partition coefficient (Wildman–Crippen LogP) is 3.02. The van der Waals surface area contributed by atoms with Crippen molar-refractivity contribution in [3.05, 3.63) is 24.3 Å². The Hall–Kier alpha value is -2.02. The lowest BCUT2D eigenvalue weighted by atomic mass is 10.2. The minimum atomic E-state index is -0.454. The van der Waals surface area contributed by atoms with E-state index in [4.69, 9.17) is 0 Å².